The van der Waals surface area contributed by atoms with Crippen LogP contribution in [0.2, 0.25) is 0 Å². The van der Waals surface area contributed by atoms with Gasteiger partial charge in [0.25, 0.3) is 0 Å². The van der Waals surface area contributed by atoms with E-state index in [2.05, 4.69) is 72.8 Å². The molecule has 2 aromatic rings. The van der Waals surface area contributed by atoms with Crippen LogP contribution in [0.25, 0.3) is 0 Å². The van der Waals surface area contributed by atoms with Crippen molar-refractivity contribution in [1.82, 2.24) is 0 Å². The van der Waals surface area contributed by atoms with Gasteiger partial charge in [-0.05, 0) is 53.5 Å². The molecule has 0 saturated carbocycles. The molecule has 0 spiro atoms. The zero-order valence-corrected chi connectivity index (χ0v) is 21.3. The number of halogens is 1. The van der Waals surface area contributed by atoms with Crippen LogP contribution in [0.1, 0.15) is 64.9 Å². The topological polar surface area (TPSA) is 37.4 Å². The van der Waals surface area contributed by atoms with Gasteiger partial charge in [-0.3, -0.25) is 9.59 Å². The molecule has 0 unspecified atom stereocenters. The molecule has 3 nitrogen and oxygen atoms in total. The molecule has 1 heterocycles. The monoisotopic (exact) mass is 503 g/mol. The molecule has 0 fully saturated rings. The average Bonchev–Trinajstić information content (AvgIpc) is 2.72. The largest absolute Gasteiger partial charge is 0.317 e. The van der Waals surface area contributed by atoms with E-state index in [-0.39, 0.29) is 28.3 Å². The van der Waals surface area contributed by atoms with E-state index in [4.69, 9.17) is 0 Å². The Labute approximate surface area is 204 Å². The number of Topliss-reactive ketones (excluding diaryl/α,β-unsaturated/α-hetero) is 2. The summed E-state index contributed by atoms with van der Waals surface area (Å²) in [5.74, 6) is 0.0536. The Morgan fingerprint density at radius 3 is 1.70 bits per heavy atom. The fraction of sp³-hybridized carbons (Fsp3) is 0.379. The highest BCUT2D eigenvalue weighted by molar-refractivity contribution is 9.10. The molecule has 0 atom stereocenters. The van der Waals surface area contributed by atoms with Gasteiger partial charge in [0.05, 0.1) is 0 Å². The van der Waals surface area contributed by atoms with Gasteiger partial charge in [-0.2, -0.15) is 0 Å². The third-order valence-corrected chi connectivity index (χ3v) is 7.66. The number of benzene rings is 2. The first-order valence-electron chi connectivity index (χ1n) is 11.7. The molecule has 4 heteroatoms. The van der Waals surface area contributed by atoms with E-state index < -0.39 is 0 Å². The number of nitrogens with zero attached hydrogens (tertiary/aromatic N) is 1. The first-order valence-corrected chi connectivity index (χ1v) is 12.5. The molecule has 2 aliphatic carbocycles. The molecule has 0 N–H and O–H groups in total. The fourth-order valence-corrected chi connectivity index (χ4v) is 6.11. The summed E-state index contributed by atoms with van der Waals surface area (Å²) in [6.45, 7) is 8.69. The van der Waals surface area contributed by atoms with Gasteiger partial charge in [0.2, 0.25) is 0 Å². The quantitative estimate of drug-likeness (QED) is 0.430. The Bertz CT molecular complexity index is 1150. The van der Waals surface area contributed by atoms with Crippen molar-refractivity contribution in [2.24, 2.45) is 10.8 Å². The Kier molecular flexibility index (Phi) is 5.28. The molecule has 5 rings (SSSR count). The van der Waals surface area contributed by atoms with Crippen molar-refractivity contribution in [2.45, 2.75) is 59.3 Å². The maximum atomic E-state index is 13.7. The van der Waals surface area contributed by atoms with E-state index in [1.165, 1.54) is 0 Å². The van der Waals surface area contributed by atoms with E-state index in [1.807, 2.05) is 30.3 Å². The van der Waals surface area contributed by atoms with Crippen LogP contribution in [-0.2, 0) is 9.59 Å². The number of ketones is 2. The molecule has 0 saturated heterocycles. The highest BCUT2D eigenvalue weighted by atomic mass is 79.9. The second-order valence-electron chi connectivity index (χ2n) is 11.3. The van der Waals surface area contributed by atoms with Gasteiger partial charge in [-0.15, -0.1) is 0 Å². The van der Waals surface area contributed by atoms with Crippen LogP contribution in [0.3, 0.4) is 0 Å². The van der Waals surface area contributed by atoms with E-state index in [0.717, 1.165) is 51.1 Å². The number of hydrogen-bond acceptors (Lipinski definition) is 3. The molecule has 33 heavy (non-hydrogen) atoms. The van der Waals surface area contributed by atoms with Crippen LogP contribution in [0.5, 0.6) is 0 Å². The fourth-order valence-electron chi connectivity index (χ4n) is 5.85. The van der Waals surface area contributed by atoms with Gasteiger partial charge in [0, 0.05) is 51.5 Å². The van der Waals surface area contributed by atoms with E-state index in [0.29, 0.717) is 12.8 Å². The average molecular weight is 504 g/mol. The summed E-state index contributed by atoms with van der Waals surface area (Å²) in [6, 6.07) is 18.4. The van der Waals surface area contributed by atoms with Gasteiger partial charge in [0.15, 0.2) is 11.6 Å². The molecular formula is C29H30BrNO2. The lowest BCUT2D eigenvalue weighted by atomic mass is 9.63. The van der Waals surface area contributed by atoms with Crippen molar-refractivity contribution >= 4 is 33.2 Å². The standard InChI is InChI=1S/C29H30BrNO2/c1-28(2)14-21-26(23(32)16-28)25(18-8-6-5-7-9-18)27-22(15-29(3,4)17-24(27)33)31(21)20-12-10-19(30)11-13-20/h5-13,25H,14-17H2,1-4H3. The van der Waals surface area contributed by atoms with Crippen molar-refractivity contribution in [3.8, 4) is 0 Å². The van der Waals surface area contributed by atoms with Gasteiger partial charge < -0.3 is 4.90 Å². The van der Waals surface area contributed by atoms with Crippen LogP contribution >= 0.6 is 15.9 Å². The lowest BCUT2D eigenvalue weighted by molar-refractivity contribution is -0.119. The van der Waals surface area contributed by atoms with Gasteiger partial charge in [0.1, 0.15) is 0 Å². The SMILES string of the molecule is CC1(C)CC(=O)C2=C(C1)N(c1ccc(Br)cc1)C1=C(C(=O)CC(C)(C)C1)C2c1ccccc1. The molecule has 2 aromatic carbocycles. The molecule has 0 radical (unpaired) electrons. The van der Waals surface area contributed by atoms with E-state index >= 15 is 0 Å². The lowest BCUT2D eigenvalue weighted by Gasteiger charge is -2.49. The number of allylic oxidation sites excluding steroid dienone is 4. The number of rotatable bonds is 2. The van der Waals surface area contributed by atoms with Crippen molar-refractivity contribution in [3.63, 3.8) is 0 Å². The molecule has 0 bridgehead atoms. The van der Waals surface area contributed by atoms with Crippen LogP contribution in [-0.4, -0.2) is 11.6 Å². The van der Waals surface area contributed by atoms with Crippen molar-refractivity contribution in [1.29, 1.82) is 0 Å². The summed E-state index contributed by atoms with van der Waals surface area (Å²) in [5.41, 5.74) is 5.56. The minimum absolute atomic E-state index is 0.128. The van der Waals surface area contributed by atoms with E-state index in [9.17, 15) is 9.59 Å². The molecule has 170 valence electrons. The van der Waals surface area contributed by atoms with Crippen LogP contribution < -0.4 is 4.90 Å². The number of anilines is 1. The first kappa shape index (κ1) is 22.3. The molecule has 0 aromatic heterocycles. The second-order valence-corrected chi connectivity index (χ2v) is 12.2. The highest BCUT2D eigenvalue weighted by Crippen LogP contribution is 2.55. The Balaban J connectivity index is 1.82. The van der Waals surface area contributed by atoms with Gasteiger partial charge >= 0.3 is 0 Å². The minimum Gasteiger partial charge on any atom is -0.317 e. The number of carbonyl (C=O) groups excluding carboxylic acids is 2. The predicted molar refractivity (Wildman–Crippen MR) is 136 cm³/mol. The summed E-state index contributed by atoms with van der Waals surface area (Å²) in [6.07, 6.45) is 2.62. The van der Waals surface area contributed by atoms with Crippen molar-refractivity contribution < 1.29 is 9.59 Å². The number of hydrogen-bond donors (Lipinski definition) is 0. The molecular weight excluding hydrogens is 474 g/mol. The Hall–Kier alpha value is -2.46. The van der Waals surface area contributed by atoms with Crippen LogP contribution in [0.4, 0.5) is 5.69 Å². The van der Waals surface area contributed by atoms with E-state index in [1.54, 1.807) is 0 Å². The summed E-state index contributed by atoms with van der Waals surface area (Å²) in [7, 11) is 0. The maximum Gasteiger partial charge on any atom is 0.162 e. The lowest BCUT2D eigenvalue weighted by Crippen LogP contribution is -2.44. The van der Waals surface area contributed by atoms with Crippen molar-refractivity contribution in [3.05, 3.63) is 87.2 Å². The summed E-state index contributed by atoms with van der Waals surface area (Å²) >= 11 is 3.55. The predicted octanol–water partition coefficient (Wildman–Crippen LogP) is 7.34. The first-order chi connectivity index (χ1) is 15.6. The molecule has 1 aliphatic heterocycles. The maximum absolute atomic E-state index is 13.7. The molecule has 3 aliphatic rings. The third-order valence-electron chi connectivity index (χ3n) is 7.13. The zero-order chi connectivity index (χ0) is 23.5. The second kappa shape index (κ2) is 7.80. The smallest absolute Gasteiger partial charge is 0.162 e. The Morgan fingerprint density at radius 1 is 0.727 bits per heavy atom. The number of carbonyl (C=O) groups is 2. The minimum atomic E-state index is -0.282. The molecule has 0 amide bonds. The Morgan fingerprint density at radius 2 is 1.21 bits per heavy atom. The van der Waals surface area contributed by atoms with Crippen molar-refractivity contribution in [2.75, 3.05) is 4.90 Å². The summed E-state index contributed by atoms with van der Waals surface area (Å²) in [5, 5.41) is 0. The third kappa shape index (κ3) is 3.93. The highest BCUT2D eigenvalue weighted by Gasteiger charge is 2.49. The summed E-state index contributed by atoms with van der Waals surface area (Å²) < 4.78 is 1.01. The zero-order valence-electron chi connectivity index (χ0n) is 19.7. The van der Waals surface area contributed by atoms with Crippen LogP contribution in [0.15, 0.2) is 81.6 Å². The van der Waals surface area contributed by atoms with Crippen LogP contribution in [0, 0.1) is 10.8 Å². The normalized spacial score (nSPS) is 22.4. The van der Waals surface area contributed by atoms with Gasteiger partial charge in [-0.1, -0.05) is 74.0 Å². The summed E-state index contributed by atoms with van der Waals surface area (Å²) in [4.78, 5) is 29.7. The van der Waals surface area contributed by atoms with Gasteiger partial charge in [-0.25, -0.2) is 0 Å².